The molecule has 0 saturated heterocycles. The first-order chi connectivity index (χ1) is 16.6. The molecule has 8 heteroatoms. The van der Waals surface area contributed by atoms with Crippen LogP contribution < -0.4 is 4.74 Å². The Morgan fingerprint density at radius 2 is 1.49 bits per heavy atom. The molecule has 4 rings (SSSR count). The molecule has 3 aromatic carbocycles. The Morgan fingerprint density at radius 1 is 0.829 bits per heavy atom. The summed E-state index contributed by atoms with van der Waals surface area (Å²) in [5.74, 6) is -7.23. The molecule has 1 aliphatic rings. The fourth-order valence-electron chi connectivity index (χ4n) is 4.26. The zero-order valence-corrected chi connectivity index (χ0v) is 18.7. The van der Waals surface area contributed by atoms with Crippen molar-refractivity contribution in [3.8, 4) is 16.9 Å². The van der Waals surface area contributed by atoms with E-state index in [-0.39, 0.29) is 12.0 Å². The monoisotopic (exact) mass is 494 g/mol. The fourth-order valence-corrected chi connectivity index (χ4v) is 4.26. The maximum absolute atomic E-state index is 15.3. The molecular formula is C27H21F7O. The van der Waals surface area contributed by atoms with E-state index in [2.05, 4.69) is 11.7 Å². The minimum absolute atomic E-state index is 0.168. The third kappa shape index (κ3) is 5.36. The molecule has 0 radical (unpaired) electrons. The average Bonchev–Trinajstić information content (AvgIpc) is 2.79. The van der Waals surface area contributed by atoms with Crippen LogP contribution >= 0.6 is 0 Å². The Bertz CT molecular complexity index is 1250. The van der Waals surface area contributed by atoms with E-state index in [0.717, 1.165) is 36.5 Å². The highest BCUT2D eigenvalue weighted by atomic mass is 19.4. The summed E-state index contributed by atoms with van der Waals surface area (Å²) in [7, 11) is 0. The van der Waals surface area contributed by atoms with Crippen molar-refractivity contribution in [2.24, 2.45) is 0 Å². The smallest absolute Gasteiger partial charge is 0.399 e. The molecule has 0 unspecified atom stereocenters. The summed E-state index contributed by atoms with van der Waals surface area (Å²) in [4.78, 5) is 0. The molecule has 1 aliphatic carbocycles. The fraction of sp³-hybridized carbons (Fsp3) is 0.259. The summed E-state index contributed by atoms with van der Waals surface area (Å²) in [6.45, 7) is 2.12. The molecule has 0 fully saturated rings. The zero-order chi connectivity index (χ0) is 25.3. The van der Waals surface area contributed by atoms with Gasteiger partial charge in [-0.25, -0.2) is 17.6 Å². The van der Waals surface area contributed by atoms with Gasteiger partial charge in [0.05, 0.1) is 5.56 Å². The van der Waals surface area contributed by atoms with E-state index < -0.39 is 46.5 Å². The van der Waals surface area contributed by atoms with Gasteiger partial charge in [0.2, 0.25) is 5.75 Å². The first-order valence-electron chi connectivity index (χ1n) is 11.1. The largest absolute Gasteiger partial charge is 0.573 e. The molecule has 0 bridgehead atoms. The maximum atomic E-state index is 15.3. The molecule has 0 atom stereocenters. The lowest BCUT2D eigenvalue weighted by Crippen LogP contribution is -2.19. The highest BCUT2D eigenvalue weighted by molar-refractivity contribution is 5.85. The number of allylic oxidation sites excluding steroid dienone is 1. The van der Waals surface area contributed by atoms with Gasteiger partial charge in [0.1, 0.15) is 11.6 Å². The van der Waals surface area contributed by atoms with E-state index in [1.165, 1.54) is 5.56 Å². The van der Waals surface area contributed by atoms with Crippen molar-refractivity contribution in [1.29, 1.82) is 0 Å². The normalized spacial score (nSPS) is 13.4. The summed E-state index contributed by atoms with van der Waals surface area (Å²) in [6, 6.07) is 9.91. The van der Waals surface area contributed by atoms with Crippen LogP contribution in [0.4, 0.5) is 30.7 Å². The van der Waals surface area contributed by atoms with Gasteiger partial charge in [-0.15, -0.1) is 13.2 Å². The molecule has 0 heterocycles. The third-order valence-corrected chi connectivity index (χ3v) is 5.98. The number of hydrogen-bond donors (Lipinski definition) is 0. The topological polar surface area (TPSA) is 9.23 Å². The van der Waals surface area contributed by atoms with Crippen molar-refractivity contribution >= 4 is 11.6 Å². The van der Waals surface area contributed by atoms with Crippen molar-refractivity contribution < 1.29 is 35.5 Å². The summed E-state index contributed by atoms with van der Waals surface area (Å²) < 4.78 is 99.0. The molecular weight excluding hydrogens is 473 g/mol. The van der Waals surface area contributed by atoms with E-state index in [4.69, 9.17) is 0 Å². The quantitative estimate of drug-likeness (QED) is 0.312. The molecule has 1 nitrogen and oxygen atoms in total. The van der Waals surface area contributed by atoms with Gasteiger partial charge < -0.3 is 4.74 Å². The Hall–Kier alpha value is -3.29. The second-order valence-electron chi connectivity index (χ2n) is 8.40. The Morgan fingerprint density at radius 3 is 2.09 bits per heavy atom. The minimum atomic E-state index is -5.33. The summed E-state index contributed by atoms with van der Waals surface area (Å²) in [5.41, 5.74) is 2.24. The number of unbranched alkanes of at least 4 members (excludes halogenated alkanes) is 1. The van der Waals surface area contributed by atoms with E-state index in [1.54, 1.807) is 6.08 Å². The standard InChI is InChI=1S/C27H21F7O/c1-2-3-4-15-5-7-16(8-6-15)17-9-10-20-18(11-17)12-21(28)24(25(20)31)19-13-22(29)26(23(30)14-19)35-27(32,33)34/h5-8,11-14H,2-4,9-10H2,1H3. The van der Waals surface area contributed by atoms with Crippen LogP contribution in [0.2, 0.25) is 0 Å². The lowest BCUT2D eigenvalue weighted by molar-refractivity contribution is -0.276. The number of benzene rings is 3. The van der Waals surface area contributed by atoms with Crippen LogP contribution in [-0.2, 0) is 12.8 Å². The highest BCUT2D eigenvalue weighted by Gasteiger charge is 2.34. The molecule has 35 heavy (non-hydrogen) atoms. The number of fused-ring (bicyclic) bond motifs is 1. The van der Waals surface area contributed by atoms with Gasteiger partial charge in [-0.1, -0.05) is 43.7 Å². The lowest BCUT2D eigenvalue weighted by atomic mass is 9.86. The van der Waals surface area contributed by atoms with Crippen LogP contribution in [-0.4, -0.2) is 6.36 Å². The first kappa shape index (κ1) is 24.8. The van der Waals surface area contributed by atoms with E-state index in [0.29, 0.717) is 24.1 Å². The van der Waals surface area contributed by atoms with Gasteiger partial charge >= 0.3 is 6.36 Å². The van der Waals surface area contributed by atoms with Crippen LogP contribution in [0.5, 0.6) is 5.75 Å². The predicted molar refractivity (Wildman–Crippen MR) is 120 cm³/mol. The van der Waals surface area contributed by atoms with Gasteiger partial charge in [0.25, 0.3) is 0 Å². The Labute approximate surface area is 197 Å². The van der Waals surface area contributed by atoms with E-state index >= 15 is 4.39 Å². The van der Waals surface area contributed by atoms with Crippen molar-refractivity contribution in [3.63, 3.8) is 0 Å². The number of hydrogen-bond acceptors (Lipinski definition) is 1. The van der Waals surface area contributed by atoms with Crippen LogP contribution in [0.15, 0.2) is 42.5 Å². The zero-order valence-electron chi connectivity index (χ0n) is 18.7. The molecule has 0 spiro atoms. The summed E-state index contributed by atoms with van der Waals surface area (Å²) in [5, 5.41) is 0. The highest BCUT2D eigenvalue weighted by Crippen LogP contribution is 2.39. The molecule has 3 aromatic rings. The summed E-state index contributed by atoms with van der Waals surface area (Å²) in [6.07, 6.45) is 0.184. The molecule has 0 N–H and O–H groups in total. The number of halogens is 7. The van der Waals surface area contributed by atoms with Crippen LogP contribution in [0.3, 0.4) is 0 Å². The van der Waals surface area contributed by atoms with Crippen molar-refractivity contribution in [2.45, 2.75) is 45.4 Å². The van der Waals surface area contributed by atoms with Crippen LogP contribution in [0.1, 0.15) is 48.4 Å². The number of rotatable bonds is 6. The Kier molecular flexibility index (Phi) is 6.92. The van der Waals surface area contributed by atoms with Gasteiger partial charge in [0.15, 0.2) is 11.6 Å². The lowest BCUT2D eigenvalue weighted by Gasteiger charge is -2.20. The first-order valence-corrected chi connectivity index (χ1v) is 11.1. The van der Waals surface area contributed by atoms with Crippen molar-refractivity contribution in [2.75, 3.05) is 0 Å². The van der Waals surface area contributed by atoms with Gasteiger partial charge in [-0.05, 0) is 77.3 Å². The van der Waals surface area contributed by atoms with Crippen LogP contribution in [0.25, 0.3) is 22.8 Å². The van der Waals surface area contributed by atoms with Gasteiger partial charge in [-0.2, -0.15) is 0 Å². The molecule has 0 aromatic heterocycles. The third-order valence-electron chi connectivity index (χ3n) is 5.98. The number of aryl methyl sites for hydroxylation is 1. The Balaban J connectivity index is 1.68. The van der Waals surface area contributed by atoms with Crippen molar-refractivity contribution in [3.05, 3.63) is 88.0 Å². The minimum Gasteiger partial charge on any atom is -0.399 e. The average molecular weight is 494 g/mol. The second kappa shape index (κ2) is 9.76. The summed E-state index contributed by atoms with van der Waals surface area (Å²) >= 11 is 0. The van der Waals surface area contributed by atoms with Crippen molar-refractivity contribution in [1.82, 2.24) is 0 Å². The molecule has 0 aliphatic heterocycles. The maximum Gasteiger partial charge on any atom is 0.573 e. The van der Waals surface area contributed by atoms with E-state index in [1.807, 2.05) is 24.3 Å². The predicted octanol–water partition coefficient (Wildman–Crippen LogP) is 8.64. The van der Waals surface area contributed by atoms with Gasteiger partial charge in [0, 0.05) is 0 Å². The van der Waals surface area contributed by atoms with E-state index in [9.17, 15) is 26.3 Å². The number of ether oxygens (including phenoxy) is 1. The molecule has 0 saturated carbocycles. The molecule has 184 valence electrons. The molecule has 0 amide bonds. The van der Waals surface area contributed by atoms with Crippen LogP contribution in [0, 0.1) is 23.3 Å². The van der Waals surface area contributed by atoms with Gasteiger partial charge in [-0.3, -0.25) is 0 Å². The second-order valence-corrected chi connectivity index (χ2v) is 8.40. The number of alkyl halides is 3. The SMILES string of the molecule is CCCCc1ccc(C2=Cc3cc(F)c(-c4cc(F)c(OC(F)(F)F)c(F)c4)c(F)c3CC2)cc1.